The molecule has 1 fully saturated rings. The average Bonchev–Trinajstić information content (AvgIpc) is 3.27. The van der Waals surface area contributed by atoms with E-state index in [4.69, 9.17) is 18.9 Å². The summed E-state index contributed by atoms with van der Waals surface area (Å²) < 4.78 is 21.1. The number of nitrogens with one attached hydrogen (secondary N) is 1. The highest BCUT2D eigenvalue weighted by Gasteiger charge is 2.39. The zero-order chi connectivity index (χ0) is 29.9. The van der Waals surface area contributed by atoms with Crippen molar-refractivity contribution in [3.63, 3.8) is 0 Å². The maximum absolute atomic E-state index is 13.7. The number of unbranched alkanes of at least 4 members (excludes halogenated alkanes) is 6. The van der Waals surface area contributed by atoms with Crippen molar-refractivity contribution in [3.05, 3.63) is 40.3 Å². The molecule has 2 aromatic carbocycles. The summed E-state index contributed by atoms with van der Waals surface area (Å²) in [7, 11) is 5.68. The van der Waals surface area contributed by atoms with Crippen molar-refractivity contribution in [1.29, 1.82) is 0 Å². The standard InChI is InChI=1S/C30H40N2O8S/c1-6-7-8-9-10-11-12-13-26(33)31-32-29(36)25(16-19-14-21(37-2)27(34)22(15-19)38-3)41-30(32)20-17-23(39-4)28(35)24(18-20)40-5/h14-18,30,34-35H,6-13H2,1-5H3,(H,31,33)/b25-16-. The molecule has 0 aromatic heterocycles. The molecule has 0 aliphatic carbocycles. The summed E-state index contributed by atoms with van der Waals surface area (Å²) in [5, 5.41) is 21.3. The van der Waals surface area contributed by atoms with Crippen molar-refractivity contribution in [2.24, 2.45) is 0 Å². The number of ether oxygens (including phenoxy) is 4. The van der Waals surface area contributed by atoms with Gasteiger partial charge in [-0.25, -0.2) is 5.01 Å². The first-order chi connectivity index (χ1) is 19.8. The molecule has 41 heavy (non-hydrogen) atoms. The molecule has 0 saturated carbocycles. The maximum Gasteiger partial charge on any atom is 0.280 e. The van der Waals surface area contributed by atoms with Crippen molar-refractivity contribution in [2.75, 3.05) is 28.4 Å². The van der Waals surface area contributed by atoms with Crippen LogP contribution in [0.25, 0.3) is 6.08 Å². The van der Waals surface area contributed by atoms with Crippen LogP contribution in [0.2, 0.25) is 0 Å². The minimum absolute atomic E-state index is 0.150. The fraction of sp³-hybridized carbons (Fsp3) is 0.467. The number of methoxy groups -OCH3 is 4. The fourth-order valence-corrected chi connectivity index (χ4v) is 5.68. The van der Waals surface area contributed by atoms with Crippen LogP contribution in [-0.2, 0) is 9.59 Å². The minimum atomic E-state index is -0.670. The highest BCUT2D eigenvalue weighted by atomic mass is 32.2. The Labute approximate surface area is 245 Å². The summed E-state index contributed by atoms with van der Waals surface area (Å²) >= 11 is 1.22. The summed E-state index contributed by atoms with van der Waals surface area (Å²) in [4.78, 5) is 26.9. The molecule has 10 nitrogen and oxygen atoms in total. The van der Waals surface area contributed by atoms with Gasteiger partial charge in [-0.3, -0.25) is 15.0 Å². The fourth-order valence-electron chi connectivity index (χ4n) is 4.51. The van der Waals surface area contributed by atoms with E-state index < -0.39 is 11.3 Å². The molecule has 3 N–H and O–H groups in total. The lowest BCUT2D eigenvalue weighted by atomic mass is 10.1. The van der Waals surface area contributed by atoms with E-state index in [0.717, 1.165) is 25.7 Å². The molecule has 0 radical (unpaired) electrons. The molecule has 0 spiro atoms. The zero-order valence-corrected chi connectivity index (χ0v) is 25.1. The van der Waals surface area contributed by atoms with Gasteiger partial charge in [-0.1, -0.05) is 57.2 Å². The van der Waals surface area contributed by atoms with Gasteiger partial charge in [0.15, 0.2) is 23.0 Å². The lowest BCUT2D eigenvalue weighted by Crippen LogP contribution is -2.44. The van der Waals surface area contributed by atoms with Crippen molar-refractivity contribution >= 4 is 29.7 Å². The van der Waals surface area contributed by atoms with Gasteiger partial charge in [0.05, 0.1) is 33.3 Å². The van der Waals surface area contributed by atoms with Crippen LogP contribution in [0.5, 0.6) is 34.5 Å². The van der Waals surface area contributed by atoms with Gasteiger partial charge in [-0.15, -0.1) is 0 Å². The van der Waals surface area contributed by atoms with E-state index in [1.165, 1.54) is 64.5 Å². The number of carbonyl (C=O) groups is 2. The van der Waals surface area contributed by atoms with E-state index >= 15 is 0 Å². The van der Waals surface area contributed by atoms with E-state index in [1.807, 2.05) is 0 Å². The molecule has 224 valence electrons. The number of phenolic OH excluding ortho intramolecular Hbond substituents is 2. The van der Waals surface area contributed by atoms with Gasteiger partial charge in [-0.2, -0.15) is 0 Å². The lowest BCUT2D eigenvalue weighted by Gasteiger charge is -2.25. The second-order valence-corrected chi connectivity index (χ2v) is 10.7. The molecule has 1 aliphatic heterocycles. The van der Waals surface area contributed by atoms with Crippen molar-refractivity contribution in [2.45, 2.75) is 63.7 Å². The Morgan fingerprint density at radius 3 is 1.85 bits per heavy atom. The van der Waals surface area contributed by atoms with Crippen LogP contribution in [0.4, 0.5) is 0 Å². The number of amides is 2. The molecule has 1 atom stereocenters. The van der Waals surface area contributed by atoms with Crippen LogP contribution in [0, 0.1) is 0 Å². The second-order valence-electron chi connectivity index (χ2n) is 9.61. The number of phenols is 2. The topological polar surface area (TPSA) is 127 Å². The van der Waals surface area contributed by atoms with Gasteiger partial charge in [0.1, 0.15) is 5.37 Å². The van der Waals surface area contributed by atoms with Crippen LogP contribution >= 0.6 is 11.8 Å². The summed E-state index contributed by atoms with van der Waals surface area (Å²) in [6.45, 7) is 2.18. The summed E-state index contributed by atoms with van der Waals surface area (Å²) in [5.74, 6) is -0.259. The van der Waals surface area contributed by atoms with Crippen LogP contribution in [0.3, 0.4) is 0 Å². The molecule has 1 unspecified atom stereocenters. The van der Waals surface area contributed by atoms with Crippen LogP contribution in [0.15, 0.2) is 29.2 Å². The highest BCUT2D eigenvalue weighted by molar-refractivity contribution is 8.04. The first-order valence-electron chi connectivity index (χ1n) is 13.7. The molecule has 1 saturated heterocycles. The van der Waals surface area contributed by atoms with E-state index in [-0.39, 0.29) is 40.4 Å². The second kappa shape index (κ2) is 15.3. The number of nitrogens with zero attached hydrogens (tertiary/aromatic N) is 1. The Morgan fingerprint density at radius 2 is 1.34 bits per heavy atom. The number of thioether (sulfide) groups is 1. The molecule has 1 heterocycles. The lowest BCUT2D eigenvalue weighted by molar-refractivity contribution is -0.138. The first kappa shape index (κ1) is 31.8. The number of aromatic hydroxyl groups is 2. The number of hydrazine groups is 1. The van der Waals surface area contributed by atoms with E-state index in [9.17, 15) is 19.8 Å². The Kier molecular flexibility index (Phi) is 11.9. The van der Waals surface area contributed by atoms with Gasteiger partial charge in [0, 0.05) is 6.42 Å². The number of benzene rings is 2. The van der Waals surface area contributed by atoms with Gasteiger partial charge < -0.3 is 29.2 Å². The Hall–Kier alpha value is -3.73. The third-order valence-electron chi connectivity index (χ3n) is 6.74. The number of carbonyl (C=O) groups excluding carboxylic acids is 2. The molecule has 11 heteroatoms. The molecule has 0 bridgehead atoms. The predicted octanol–water partition coefficient (Wildman–Crippen LogP) is 5.92. The van der Waals surface area contributed by atoms with Crippen molar-refractivity contribution in [1.82, 2.24) is 10.4 Å². The smallest absolute Gasteiger partial charge is 0.280 e. The SMILES string of the molecule is CCCCCCCCCC(=O)NN1C(=O)/C(=C/c2cc(OC)c(O)c(OC)c2)SC1c1cc(OC)c(O)c(OC)c1. The monoisotopic (exact) mass is 588 g/mol. The normalized spacial score (nSPS) is 15.7. The van der Waals surface area contributed by atoms with E-state index in [2.05, 4.69) is 12.3 Å². The molecular formula is C30H40N2O8S. The molecule has 1 aliphatic rings. The van der Waals surface area contributed by atoms with Gasteiger partial charge in [0.2, 0.25) is 17.4 Å². The maximum atomic E-state index is 13.7. The largest absolute Gasteiger partial charge is 0.502 e. The van der Waals surface area contributed by atoms with Gasteiger partial charge >= 0.3 is 0 Å². The van der Waals surface area contributed by atoms with Gasteiger partial charge in [0.25, 0.3) is 5.91 Å². The highest BCUT2D eigenvalue weighted by Crippen LogP contribution is 2.49. The zero-order valence-electron chi connectivity index (χ0n) is 24.3. The van der Waals surface area contributed by atoms with E-state index in [1.54, 1.807) is 30.3 Å². The summed E-state index contributed by atoms with van der Waals surface area (Å²) in [6, 6.07) is 6.38. The number of rotatable bonds is 15. The first-order valence-corrected chi connectivity index (χ1v) is 14.6. The Bertz CT molecular complexity index is 1200. The summed E-state index contributed by atoms with van der Waals surface area (Å²) in [5.41, 5.74) is 3.94. The van der Waals surface area contributed by atoms with Crippen LogP contribution < -0.4 is 24.4 Å². The molecule has 2 aromatic rings. The van der Waals surface area contributed by atoms with Crippen LogP contribution in [0.1, 0.15) is 74.8 Å². The van der Waals surface area contributed by atoms with Crippen molar-refractivity contribution < 1.29 is 38.7 Å². The number of hydrogen-bond donors (Lipinski definition) is 3. The average molecular weight is 589 g/mol. The predicted molar refractivity (Wildman–Crippen MR) is 158 cm³/mol. The van der Waals surface area contributed by atoms with Crippen LogP contribution in [-0.4, -0.2) is 55.5 Å². The molecular weight excluding hydrogens is 548 g/mol. The number of hydrogen-bond acceptors (Lipinski definition) is 9. The Morgan fingerprint density at radius 1 is 0.854 bits per heavy atom. The third kappa shape index (κ3) is 7.93. The van der Waals surface area contributed by atoms with E-state index in [0.29, 0.717) is 22.5 Å². The molecule has 3 rings (SSSR count). The minimum Gasteiger partial charge on any atom is -0.502 e. The van der Waals surface area contributed by atoms with Gasteiger partial charge in [-0.05, 0) is 47.9 Å². The molecule has 2 amide bonds. The van der Waals surface area contributed by atoms with Crippen molar-refractivity contribution in [3.8, 4) is 34.5 Å². The third-order valence-corrected chi connectivity index (χ3v) is 8.00. The summed E-state index contributed by atoms with van der Waals surface area (Å²) in [6.07, 6.45) is 9.47. The quantitative estimate of drug-likeness (QED) is 0.172. The Balaban J connectivity index is 1.89.